The van der Waals surface area contributed by atoms with E-state index in [0.717, 1.165) is 0 Å². The van der Waals surface area contributed by atoms with Crippen molar-refractivity contribution in [3.63, 3.8) is 0 Å². The van der Waals surface area contributed by atoms with E-state index in [0.29, 0.717) is 0 Å². The van der Waals surface area contributed by atoms with Gasteiger partial charge in [-0.05, 0) is 14.1 Å². The predicted molar refractivity (Wildman–Crippen MR) is 68.8 cm³/mol. The molecule has 0 aromatic rings. The minimum Gasteiger partial charge on any atom is -0.323 e. The van der Waals surface area contributed by atoms with Crippen LogP contribution < -0.4 is 5.32 Å². The second kappa shape index (κ2) is 8.72. The Morgan fingerprint density at radius 2 is 1.87 bits per heavy atom. The van der Waals surface area contributed by atoms with Crippen molar-refractivity contribution in [2.45, 2.75) is 0 Å². The van der Waals surface area contributed by atoms with E-state index in [2.05, 4.69) is 5.32 Å². The van der Waals surface area contributed by atoms with E-state index in [1.807, 2.05) is 44.5 Å². The van der Waals surface area contributed by atoms with Crippen LogP contribution in [-0.2, 0) is 0 Å². The Balaban J connectivity index is 0.000000583. The molecule has 84 valence electrons. The van der Waals surface area contributed by atoms with Crippen LogP contribution in [-0.4, -0.2) is 19.3 Å². The quantitative estimate of drug-likeness (QED) is 0.722. The van der Waals surface area contributed by atoms with Gasteiger partial charge in [-0.25, -0.2) is 0 Å². The molecule has 0 amide bonds. The molecule has 15 heavy (non-hydrogen) atoms. The fourth-order valence-corrected chi connectivity index (χ4v) is 1.53. The van der Waals surface area contributed by atoms with Crippen molar-refractivity contribution in [3.05, 3.63) is 35.9 Å². The maximum absolute atomic E-state index is 7.30. The van der Waals surface area contributed by atoms with Gasteiger partial charge in [-0.2, -0.15) is 0 Å². The summed E-state index contributed by atoms with van der Waals surface area (Å²) in [6.07, 6.45) is 9.51. The van der Waals surface area contributed by atoms with Crippen LogP contribution in [0.5, 0.6) is 0 Å². The molecule has 2 atom stereocenters. The molecule has 0 aromatic carbocycles. The van der Waals surface area contributed by atoms with E-state index < -0.39 is 0 Å². The molecular weight excluding hydrogens is 231 g/mol. The lowest BCUT2D eigenvalue weighted by atomic mass is 9.89. The highest BCUT2D eigenvalue weighted by molar-refractivity contribution is 6.65. The smallest absolute Gasteiger partial charge is 0.105 e. The second-order valence-electron chi connectivity index (χ2n) is 3.04. The molecule has 0 radical (unpaired) electrons. The van der Waals surface area contributed by atoms with E-state index in [9.17, 15) is 0 Å². The first-order valence-electron chi connectivity index (χ1n) is 4.61. The lowest BCUT2D eigenvalue weighted by Crippen LogP contribution is -2.15. The summed E-state index contributed by atoms with van der Waals surface area (Å²) in [5, 5.41) is 10.2. The van der Waals surface area contributed by atoms with Crippen LogP contribution in [0.15, 0.2) is 35.9 Å². The van der Waals surface area contributed by atoms with Crippen molar-refractivity contribution in [2.24, 2.45) is 11.8 Å². The molecule has 0 heterocycles. The summed E-state index contributed by atoms with van der Waals surface area (Å²) in [6.45, 7) is 0. The van der Waals surface area contributed by atoms with Crippen molar-refractivity contribution >= 4 is 28.4 Å². The minimum atomic E-state index is -0.0494. The molecule has 1 rings (SSSR count). The van der Waals surface area contributed by atoms with Crippen LogP contribution in [0.2, 0.25) is 0 Å². The fourth-order valence-electron chi connectivity index (χ4n) is 1.15. The second-order valence-corrected chi connectivity index (χ2v) is 3.70. The van der Waals surface area contributed by atoms with Crippen molar-refractivity contribution in [1.29, 1.82) is 5.41 Å². The number of hydrogen-bond donors (Lipinski definition) is 2. The Morgan fingerprint density at radius 1 is 1.33 bits per heavy atom. The number of halogens is 2. The molecule has 0 aromatic heterocycles. The zero-order valence-corrected chi connectivity index (χ0v) is 10.4. The molecule has 2 unspecified atom stereocenters. The average Bonchev–Trinajstić information content (AvgIpc) is 2.20. The van der Waals surface area contributed by atoms with Crippen LogP contribution in [0.4, 0.5) is 0 Å². The Labute approximate surface area is 101 Å². The highest BCUT2D eigenvalue weighted by Crippen LogP contribution is 2.23. The molecule has 0 bridgehead atoms. The predicted octanol–water partition coefficient (Wildman–Crippen LogP) is 3.15. The number of nitrogens with one attached hydrogen (secondary N) is 2. The third-order valence-electron chi connectivity index (χ3n) is 1.77. The molecule has 0 fully saturated rings. The summed E-state index contributed by atoms with van der Waals surface area (Å²) < 4.78 is 0. The topological polar surface area (TPSA) is 35.9 Å². The SMILES string of the molecule is CNC.N=C(Cl)C1C=CC=CC1/C=C/Cl. The average molecular weight is 247 g/mol. The van der Waals surface area contributed by atoms with Gasteiger partial charge in [0, 0.05) is 17.4 Å². The summed E-state index contributed by atoms with van der Waals surface area (Å²) >= 11 is 11.1. The number of rotatable bonds is 2. The monoisotopic (exact) mass is 246 g/mol. The van der Waals surface area contributed by atoms with Gasteiger partial charge in [0.25, 0.3) is 0 Å². The highest BCUT2D eigenvalue weighted by Gasteiger charge is 2.18. The van der Waals surface area contributed by atoms with Crippen LogP contribution in [0.3, 0.4) is 0 Å². The van der Waals surface area contributed by atoms with Crippen LogP contribution in [0, 0.1) is 17.2 Å². The van der Waals surface area contributed by atoms with Gasteiger partial charge in [-0.15, -0.1) is 0 Å². The first-order valence-corrected chi connectivity index (χ1v) is 5.43. The molecule has 2 nitrogen and oxygen atoms in total. The lowest BCUT2D eigenvalue weighted by Gasteiger charge is -2.18. The van der Waals surface area contributed by atoms with E-state index in [1.54, 1.807) is 0 Å². The largest absolute Gasteiger partial charge is 0.323 e. The lowest BCUT2D eigenvalue weighted by molar-refractivity contribution is 0.708. The van der Waals surface area contributed by atoms with Gasteiger partial charge in [0.15, 0.2) is 0 Å². The normalized spacial score (nSPS) is 23.7. The zero-order chi connectivity index (χ0) is 11.7. The first-order chi connectivity index (χ1) is 7.17. The molecule has 0 spiro atoms. The van der Waals surface area contributed by atoms with Crippen LogP contribution >= 0.6 is 23.2 Å². The standard InChI is InChI=1S/C9H9Cl2N.C2H7N/c10-6-5-7-3-1-2-4-8(7)9(11)12;1-3-2/h1-8,12H;3H,1-2H3/b6-5+,12-9?;. The van der Waals surface area contributed by atoms with Crippen molar-refractivity contribution < 1.29 is 0 Å². The van der Waals surface area contributed by atoms with E-state index in [-0.39, 0.29) is 17.0 Å². The maximum atomic E-state index is 7.30. The van der Waals surface area contributed by atoms with Gasteiger partial charge >= 0.3 is 0 Å². The van der Waals surface area contributed by atoms with Gasteiger partial charge in [0.2, 0.25) is 0 Å². The van der Waals surface area contributed by atoms with E-state index in [4.69, 9.17) is 28.6 Å². The molecule has 1 aliphatic rings. The molecule has 2 N–H and O–H groups in total. The Hall–Kier alpha value is -0.570. The van der Waals surface area contributed by atoms with Crippen LogP contribution in [0.1, 0.15) is 0 Å². The zero-order valence-electron chi connectivity index (χ0n) is 8.87. The molecule has 1 aliphatic carbocycles. The van der Waals surface area contributed by atoms with Crippen molar-refractivity contribution in [3.8, 4) is 0 Å². The summed E-state index contributed by atoms with van der Waals surface area (Å²) in [6, 6.07) is 0. The van der Waals surface area contributed by atoms with Crippen molar-refractivity contribution in [2.75, 3.05) is 14.1 Å². The van der Waals surface area contributed by atoms with Gasteiger partial charge in [0.1, 0.15) is 5.17 Å². The molecule has 0 aliphatic heterocycles. The summed E-state index contributed by atoms with van der Waals surface area (Å²) in [5.41, 5.74) is 1.46. The van der Waals surface area contributed by atoms with E-state index >= 15 is 0 Å². The number of allylic oxidation sites excluding steroid dienone is 5. The molecular formula is C11H16Cl2N2. The summed E-state index contributed by atoms with van der Waals surface area (Å²) in [4.78, 5) is 0. The summed E-state index contributed by atoms with van der Waals surface area (Å²) in [7, 11) is 3.75. The fraction of sp³-hybridized carbons (Fsp3) is 0.364. The molecule has 4 heteroatoms. The number of hydrogen-bond acceptors (Lipinski definition) is 2. The molecule has 0 saturated carbocycles. The van der Waals surface area contributed by atoms with E-state index in [1.165, 1.54) is 5.54 Å². The van der Waals surface area contributed by atoms with Gasteiger partial charge in [0.05, 0.1) is 0 Å². The minimum absolute atomic E-state index is 0.0494. The third kappa shape index (κ3) is 5.78. The van der Waals surface area contributed by atoms with Gasteiger partial charge < -0.3 is 5.32 Å². The van der Waals surface area contributed by atoms with Gasteiger partial charge in [-0.1, -0.05) is 53.6 Å². The van der Waals surface area contributed by atoms with Crippen molar-refractivity contribution in [1.82, 2.24) is 5.32 Å². The molecule has 0 saturated heterocycles. The third-order valence-corrected chi connectivity index (χ3v) is 2.16. The summed E-state index contributed by atoms with van der Waals surface area (Å²) in [5.74, 6) is 0.0733. The van der Waals surface area contributed by atoms with Crippen LogP contribution in [0.25, 0.3) is 0 Å². The maximum Gasteiger partial charge on any atom is 0.105 e. The first kappa shape index (κ1) is 14.4. The van der Waals surface area contributed by atoms with Gasteiger partial charge in [-0.3, -0.25) is 5.41 Å². The Bertz CT molecular complexity index is 270. The Morgan fingerprint density at radius 3 is 2.33 bits per heavy atom. The highest BCUT2D eigenvalue weighted by atomic mass is 35.5. The Kier molecular flexibility index (Phi) is 8.38.